The molecule has 0 amide bonds. The van der Waals surface area contributed by atoms with Crippen LogP contribution in [0.1, 0.15) is 17.5 Å². The number of hydrogen-bond donors (Lipinski definition) is 1. The van der Waals surface area contributed by atoms with Crippen molar-refractivity contribution >= 4 is 5.95 Å². The summed E-state index contributed by atoms with van der Waals surface area (Å²) in [5.41, 5.74) is 2.22. The Kier molecular flexibility index (Phi) is 6.32. The molecule has 1 atom stereocenters. The fourth-order valence-electron chi connectivity index (χ4n) is 3.62. The van der Waals surface area contributed by atoms with Crippen LogP contribution in [0.4, 0.5) is 10.3 Å². The summed E-state index contributed by atoms with van der Waals surface area (Å²) in [6, 6.07) is 17.0. The van der Waals surface area contributed by atoms with E-state index in [2.05, 4.69) is 44.5 Å². The van der Waals surface area contributed by atoms with E-state index < -0.39 is 0 Å². The largest absolute Gasteiger partial charge is 0.489 e. The van der Waals surface area contributed by atoms with Crippen molar-refractivity contribution in [2.24, 2.45) is 0 Å². The van der Waals surface area contributed by atoms with Gasteiger partial charge in [0.2, 0.25) is 5.95 Å². The highest BCUT2D eigenvalue weighted by Crippen LogP contribution is 2.28. The summed E-state index contributed by atoms with van der Waals surface area (Å²) in [4.78, 5) is 10.8. The maximum absolute atomic E-state index is 13.4. The molecule has 150 valence electrons. The number of aromatic nitrogens is 2. The highest BCUT2D eigenvalue weighted by atomic mass is 19.1. The number of ether oxygens (including phenoxy) is 1. The van der Waals surface area contributed by atoms with Gasteiger partial charge in [-0.3, -0.25) is 4.90 Å². The van der Waals surface area contributed by atoms with Crippen molar-refractivity contribution in [1.82, 2.24) is 14.9 Å². The molecule has 0 fully saturated rings. The molecule has 2 heterocycles. The Morgan fingerprint density at radius 3 is 2.72 bits per heavy atom. The van der Waals surface area contributed by atoms with Gasteiger partial charge in [0.15, 0.2) is 0 Å². The van der Waals surface area contributed by atoms with E-state index in [-0.39, 0.29) is 11.9 Å². The zero-order valence-corrected chi connectivity index (χ0v) is 16.3. The predicted molar refractivity (Wildman–Crippen MR) is 111 cm³/mol. The van der Waals surface area contributed by atoms with E-state index in [0.29, 0.717) is 5.95 Å². The van der Waals surface area contributed by atoms with Gasteiger partial charge in [-0.25, -0.2) is 14.4 Å². The van der Waals surface area contributed by atoms with E-state index >= 15 is 0 Å². The highest BCUT2D eigenvalue weighted by molar-refractivity contribution is 5.35. The first kappa shape index (κ1) is 19.3. The average Bonchev–Trinajstić information content (AvgIpc) is 2.75. The van der Waals surface area contributed by atoms with Crippen LogP contribution in [0.5, 0.6) is 5.75 Å². The van der Waals surface area contributed by atoms with Gasteiger partial charge in [0.1, 0.15) is 17.7 Å². The number of aryl methyl sites for hydroxylation is 1. The molecule has 2 aromatic carbocycles. The molecule has 1 unspecified atom stereocenters. The lowest BCUT2D eigenvalue weighted by Crippen LogP contribution is -2.39. The van der Waals surface area contributed by atoms with Crippen molar-refractivity contribution in [3.05, 3.63) is 83.9 Å². The summed E-state index contributed by atoms with van der Waals surface area (Å²) in [5.74, 6) is 1.24. The maximum Gasteiger partial charge on any atom is 0.222 e. The van der Waals surface area contributed by atoms with Gasteiger partial charge in [-0.15, -0.1) is 0 Å². The lowest BCUT2D eigenvalue weighted by Gasteiger charge is -2.31. The third-order valence-corrected chi connectivity index (χ3v) is 5.04. The maximum atomic E-state index is 13.4. The van der Waals surface area contributed by atoms with Crippen LogP contribution in [-0.2, 0) is 13.0 Å². The monoisotopic (exact) mass is 392 g/mol. The number of hydrogen-bond acceptors (Lipinski definition) is 5. The van der Waals surface area contributed by atoms with Crippen molar-refractivity contribution in [2.45, 2.75) is 25.5 Å². The first-order chi connectivity index (χ1) is 14.3. The standard InChI is InChI=1S/C23H25FN4O/c24-20-8-10-22-19(15-20)7-9-21(29-22)17-28(16-18-5-2-1-3-6-18)14-13-27-23-25-11-4-12-26-23/h1-6,8,10-12,15,21H,7,9,13-14,16-17H2,(H,25,26,27). The number of anilines is 1. The molecule has 1 aromatic heterocycles. The molecule has 0 saturated carbocycles. The first-order valence-electron chi connectivity index (χ1n) is 9.98. The second-order valence-corrected chi connectivity index (χ2v) is 7.25. The summed E-state index contributed by atoms with van der Waals surface area (Å²) in [6.07, 6.45) is 5.27. The topological polar surface area (TPSA) is 50.3 Å². The van der Waals surface area contributed by atoms with Crippen LogP contribution in [0, 0.1) is 5.82 Å². The molecule has 0 saturated heterocycles. The zero-order chi connectivity index (χ0) is 19.9. The van der Waals surface area contributed by atoms with Gasteiger partial charge in [-0.1, -0.05) is 30.3 Å². The SMILES string of the molecule is Fc1ccc2c(c1)CCC(CN(CCNc1ncccn1)Cc1ccccc1)O2. The minimum atomic E-state index is -0.203. The van der Waals surface area contributed by atoms with Crippen LogP contribution >= 0.6 is 0 Å². The van der Waals surface area contributed by atoms with Gasteiger partial charge in [0, 0.05) is 38.6 Å². The minimum absolute atomic E-state index is 0.0876. The summed E-state index contributed by atoms with van der Waals surface area (Å²) >= 11 is 0. The Morgan fingerprint density at radius 1 is 1.07 bits per heavy atom. The number of fused-ring (bicyclic) bond motifs is 1. The van der Waals surface area contributed by atoms with Crippen LogP contribution < -0.4 is 10.1 Å². The molecule has 0 spiro atoms. The molecular formula is C23H25FN4O. The van der Waals surface area contributed by atoms with E-state index in [1.54, 1.807) is 30.6 Å². The third-order valence-electron chi connectivity index (χ3n) is 5.04. The Labute approximate surface area is 170 Å². The Hall–Kier alpha value is -2.99. The molecule has 1 N–H and O–H groups in total. The summed E-state index contributed by atoms with van der Waals surface area (Å²) in [6.45, 7) is 3.23. The quantitative estimate of drug-likeness (QED) is 0.630. The van der Waals surface area contributed by atoms with Crippen LogP contribution in [0.15, 0.2) is 67.0 Å². The van der Waals surface area contributed by atoms with Crippen LogP contribution in [0.2, 0.25) is 0 Å². The number of rotatable bonds is 8. The molecule has 4 rings (SSSR count). The Balaban J connectivity index is 1.38. The minimum Gasteiger partial charge on any atom is -0.489 e. The van der Waals surface area contributed by atoms with Gasteiger partial charge in [0.05, 0.1) is 0 Å². The smallest absolute Gasteiger partial charge is 0.222 e. The van der Waals surface area contributed by atoms with E-state index in [9.17, 15) is 4.39 Å². The van der Waals surface area contributed by atoms with Crippen molar-refractivity contribution in [3.63, 3.8) is 0 Å². The summed E-state index contributed by atoms with van der Waals surface area (Å²) < 4.78 is 19.6. The van der Waals surface area contributed by atoms with Crippen molar-refractivity contribution in [1.29, 1.82) is 0 Å². The van der Waals surface area contributed by atoms with Gasteiger partial charge in [0.25, 0.3) is 0 Å². The van der Waals surface area contributed by atoms with Gasteiger partial charge in [-0.2, -0.15) is 0 Å². The van der Waals surface area contributed by atoms with Gasteiger partial charge in [-0.05, 0) is 48.2 Å². The van der Waals surface area contributed by atoms with Crippen molar-refractivity contribution in [3.8, 4) is 5.75 Å². The van der Waals surface area contributed by atoms with E-state index in [4.69, 9.17) is 4.74 Å². The molecular weight excluding hydrogens is 367 g/mol. The molecule has 1 aliphatic rings. The molecule has 5 nitrogen and oxygen atoms in total. The third kappa shape index (κ3) is 5.51. The molecule has 0 bridgehead atoms. The number of halogens is 1. The normalized spacial score (nSPS) is 15.6. The lowest BCUT2D eigenvalue weighted by molar-refractivity contribution is 0.112. The second kappa shape index (κ2) is 9.47. The van der Waals surface area contributed by atoms with Crippen LogP contribution in [0.25, 0.3) is 0 Å². The molecule has 1 aliphatic heterocycles. The predicted octanol–water partition coefficient (Wildman–Crippen LogP) is 3.92. The lowest BCUT2D eigenvalue weighted by atomic mass is 10.0. The fraction of sp³-hybridized carbons (Fsp3) is 0.304. The van der Waals surface area contributed by atoms with Crippen LogP contribution in [-0.4, -0.2) is 40.6 Å². The number of nitrogens with one attached hydrogen (secondary N) is 1. The van der Waals surface area contributed by atoms with E-state index in [1.807, 2.05) is 6.07 Å². The van der Waals surface area contributed by atoms with Gasteiger partial charge < -0.3 is 10.1 Å². The summed E-state index contributed by atoms with van der Waals surface area (Å²) in [7, 11) is 0. The van der Waals surface area contributed by atoms with Crippen molar-refractivity contribution < 1.29 is 9.13 Å². The molecule has 6 heteroatoms. The van der Waals surface area contributed by atoms with Crippen LogP contribution in [0.3, 0.4) is 0 Å². The van der Waals surface area contributed by atoms with E-state index in [0.717, 1.165) is 50.3 Å². The highest BCUT2D eigenvalue weighted by Gasteiger charge is 2.22. The zero-order valence-electron chi connectivity index (χ0n) is 16.3. The first-order valence-corrected chi connectivity index (χ1v) is 9.98. The average molecular weight is 392 g/mol. The Morgan fingerprint density at radius 2 is 1.90 bits per heavy atom. The van der Waals surface area contributed by atoms with Gasteiger partial charge >= 0.3 is 0 Å². The Bertz CT molecular complexity index is 907. The summed E-state index contributed by atoms with van der Waals surface area (Å²) in [5, 5.41) is 3.27. The molecule has 3 aromatic rings. The molecule has 0 aliphatic carbocycles. The second-order valence-electron chi connectivity index (χ2n) is 7.25. The van der Waals surface area contributed by atoms with Crippen molar-refractivity contribution in [2.75, 3.05) is 25.0 Å². The molecule has 0 radical (unpaired) electrons. The number of benzene rings is 2. The fourth-order valence-corrected chi connectivity index (χ4v) is 3.62. The molecule has 29 heavy (non-hydrogen) atoms. The van der Waals surface area contributed by atoms with E-state index in [1.165, 1.54) is 11.6 Å². The number of nitrogens with zero attached hydrogens (tertiary/aromatic N) is 3.